The minimum atomic E-state index is -1.05. The lowest BCUT2D eigenvalue weighted by atomic mass is 9.77. The van der Waals surface area contributed by atoms with Crippen LogP contribution in [0, 0.1) is 5.41 Å². The molecule has 1 spiro atoms. The SMILES string of the molecule is O=C(CO)N1CC[C@H](F)[C@@]2(CCN(C(=O)c3ccco3)C2)C1. The van der Waals surface area contributed by atoms with Crippen molar-refractivity contribution in [1.82, 2.24) is 9.80 Å². The van der Waals surface area contributed by atoms with Gasteiger partial charge < -0.3 is 19.3 Å². The predicted octanol–water partition coefficient (Wildman–Crippen LogP) is 0.675. The smallest absolute Gasteiger partial charge is 0.289 e. The fraction of sp³-hybridized carbons (Fsp3) is 0.600. The van der Waals surface area contributed by atoms with E-state index in [1.165, 1.54) is 11.2 Å². The first-order valence-electron chi connectivity index (χ1n) is 7.41. The van der Waals surface area contributed by atoms with Gasteiger partial charge >= 0.3 is 0 Å². The molecule has 6 nitrogen and oxygen atoms in total. The van der Waals surface area contributed by atoms with Crippen LogP contribution in [0.3, 0.4) is 0 Å². The van der Waals surface area contributed by atoms with Crippen LogP contribution >= 0.6 is 0 Å². The first kappa shape index (κ1) is 15.0. The number of carbonyl (C=O) groups excluding carboxylic acids is 2. The number of halogens is 1. The standard InChI is InChI=1S/C15H19FN2O4/c16-12-3-5-17(13(20)8-19)9-15(12)4-6-18(10-15)14(21)11-2-1-7-22-11/h1-2,7,12,19H,3-6,8-10H2/t12-,15-/m0/s1. The van der Waals surface area contributed by atoms with Crippen LogP contribution in [0.5, 0.6) is 0 Å². The molecule has 0 unspecified atom stereocenters. The molecular formula is C15H19FN2O4. The topological polar surface area (TPSA) is 74.0 Å². The van der Waals surface area contributed by atoms with Gasteiger partial charge in [-0.15, -0.1) is 0 Å². The second-order valence-electron chi connectivity index (χ2n) is 6.05. The van der Waals surface area contributed by atoms with E-state index in [9.17, 15) is 14.0 Å². The number of likely N-dealkylation sites (tertiary alicyclic amines) is 2. The molecule has 1 aromatic heterocycles. The molecule has 3 rings (SSSR count). The predicted molar refractivity (Wildman–Crippen MR) is 74.8 cm³/mol. The maximum absolute atomic E-state index is 14.5. The Hall–Kier alpha value is -1.89. The van der Waals surface area contributed by atoms with Crippen LogP contribution in [-0.4, -0.2) is 65.7 Å². The zero-order chi connectivity index (χ0) is 15.7. The molecule has 1 aromatic rings. The van der Waals surface area contributed by atoms with Crippen LogP contribution in [0.4, 0.5) is 4.39 Å². The number of carbonyl (C=O) groups is 2. The van der Waals surface area contributed by atoms with E-state index in [1.807, 2.05) is 0 Å². The van der Waals surface area contributed by atoms with E-state index in [-0.39, 0.29) is 37.1 Å². The lowest BCUT2D eigenvalue weighted by Crippen LogP contribution is -2.54. The third-order valence-electron chi connectivity index (χ3n) is 4.72. The number of furan rings is 1. The number of aliphatic hydroxyl groups excluding tert-OH is 1. The van der Waals surface area contributed by atoms with Gasteiger partial charge in [-0.25, -0.2) is 4.39 Å². The largest absolute Gasteiger partial charge is 0.459 e. The summed E-state index contributed by atoms with van der Waals surface area (Å²) in [7, 11) is 0. The van der Waals surface area contributed by atoms with E-state index < -0.39 is 18.2 Å². The Kier molecular flexibility index (Phi) is 3.90. The van der Waals surface area contributed by atoms with E-state index >= 15 is 0 Å². The van der Waals surface area contributed by atoms with Crippen molar-refractivity contribution in [3.8, 4) is 0 Å². The van der Waals surface area contributed by atoms with Gasteiger partial charge in [-0.2, -0.15) is 0 Å². The molecular weight excluding hydrogens is 291 g/mol. The molecule has 2 aliphatic rings. The second-order valence-corrected chi connectivity index (χ2v) is 6.05. The Bertz CT molecular complexity index is 562. The molecule has 2 aliphatic heterocycles. The summed E-state index contributed by atoms with van der Waals surface area (Å²) in [6, 6.07) is 3.22. The van der Waals surface area contributed by atoms with Crippen LogP contribution in [-0.2, 0) is 4.79 Å². The summed E-state index contributed by atoms with van der Waals surface area (Å²) in [4.78, 5) is 27.1. The lowest BCUT2D eigenvalue weighted by molar-refractivity contribution is -0.139. The molecule has 3 heterocycles. The van der Waals surface area contributed by atoms with Gasteiger partial charge in [-0.05, 0) is 25.0 Å². The highest BCUT2D eigenvalue weighted by molar-refractivity contribution is 5.91. The summed E-state index contributed by atoms with van der Waals surface area (Å²) in [6.45, 7) is 0.704. The van der Waals surface area contributed by atoms with Gasteiger partial charge in [0.05, 0.1) is 6.26 Å². The number of piperidine rings is 1. The zero-order valence-corrected chi connectivity index (χ0v) is 12.2. The molecule has 2 saturated heterocycles. The highest BCUT2D eigenvalue weighted by Gasteiger charge is 2.50. The second kappa shape index (κ2) is 5.72. The molecule has 22 heavy (non-hydrogen) atoms. The van der Waals surface area contributed by atoms with Crippen molar-refractivity contribution < 1.29 is 23.5 Å². The molecule has 2 atom stereocenters. The van der Waals surface area contributed by atoms with Gasteiger partial charge in [0.1, 0.15) is 12.8 Å². The summed E-state index contributed by atoms with van der Waals surface area (Å²) in [6.07, 6.45) is 1.13. The Morgan fingerprint density at radius 2 is 2.14 bits per heavy atom. The van der Waals surface area contributed by atoms with E-state index in [0.717, 1.165) is 0 Å². The Morgan fingerprint density at radius 3 is 2.82 bits per heavy atom. The maximum Gasteiger partial charge on any atom is 0.289 e. The summed E-state index contributed by atoms with van der Waals surface area (Å²) in [5.41, 5.74) is -0.731. The fourth-order valence-corrected chi connectivity index (χ4v) is 3.46. The van der Waals surface area contributed by atoms with Crippen molar-refractivity contribution in [2.24, 2.45) is 5.41 Å². The average molecular weight is 310 g/mol. The third-order valence-corrected chi connectivity index (χ3v) is 4.72. The minimum absolute atomic E-state index is 0.242. The van der Waals surface area contributed by atoms with Gasteiger partial charge in [0, 0.05) is 31.6 Å². The lowest BCUT2D eigenvalue weighted by Gasteiger charge is -2.42. The third kappa shape index (κ3) is 2.49. The van der Waals surface area contributed by atoms with Crippen LogP contribution < -0.4 is 0 Å². The summed E-state index contributed by atoms with van der Waals surface area (Å²) in [5.74, 6) is -0.395. The first-order valence-corrected chi connectivity index (χ1v) is 7.41. The number of nitrogens with zero attached hydrogens (tertiary/aromatic N) is 2. The van der Waals surface area contributed by atoms with Crippen molar-refractivity contribution in [2.45, 2.75) is 19.0 Å². The summed E-state index contributed by atoms with van der Waals surface area (Å²) < 4.78 is 19.6. The van der Waals surface area contributed by atoms with Crippen molar-refractivity contribution >= 4 is 11.8 Å². The number of hydrogen-bond donors (Lipinski definition) is 1. The Labute approximate surface area is 127 Å². The van der Waals surface area contributed by atoms with Crippen LogP contribution in [0.25, 0.3) is 0 Å². The quantitative estimate of drug-likeness (QED) is 0.871. The molecule has 0 aromatic carbocycles. The van der Waals surface area contributed by atoms with E-state index in [4.69, 9.17) is 9.52 Å². The maximum atomic E-state index is 14.5. The zero-order valence-electron chi connectivity index (χ0n) is 12.2. The molecule has 0 radical (unpaired) electrons. The summed E-state index contributed by atoms with van der Waals surface area (Å²) >= 11 is 0. The van der Waals surface area contributed by atoms with Crippen molar-refractivity contribution in [2.75, 3.05) is 32.8 Å². The normalized spacial score (nSPS) is 28.4. The summed E-state index contributed by atoms with van der Waals surface area (Å²) in [5, 5.41) is 8.99. The van der Waals surface area contributed by atoms with Crippen molar-refractivity contribution in [3.63, 3.8) is 0 Å². The van der Waals surface area contributed by atoms with Gasteiger partial charge in [-0.1, -0.05) is 0 Å². The Balaban J connectivity index is 1.73. The molecule has 1 N–H and O–H groups in total. The number of amides is 2. The van der Waals surface area contributed by atoms with Crippen LogP contribution in [0.1, 0.15) is 23.4 Å². The molecule has 0 aliphatic carbocycles. The molecule has 2 amide bonds. The Morgan fingerprint density at radius 1 is 1.36 bits per heavy atom. The number of hydrogen-bond acceptors (Lipinski definition) is 4. The highest BCUT2D eigenvalue weighted by atomic mass is 19.1. The molecule has 120 valence electrons. The van der Waals surface area contributed by atoms with Crippen LogP contribution in [0.2, 0.25) is 0 Å². The molecule has 0 saturated carbocycles. The van der Waals surface area contributed by atoms with Gasteiger partial charge in [-0.3, -0.25) is 9.59 Å². The average Bonchev–Trinajstić information content (AvgIpc) is 3.19. The first-order chi connectivity index (χ1) is 10.6. The van der Waals surface area contributed by atoms with Gasteiger partial charge in [0.15, 0.2) is 5.76 Å². The minimum Gasteiger partial charge on any atom is -0.459 e. The van der Waals surface area contributed by atoms with Crippen molar-refractivity contribution in [1.29, 1.82) is 0 Å². The van der Waals surface area contributed by atoms with E-state index in [2.05, 4.69) is 0 Å². The highest BCUT2D eigenvalue weighted by Crippen LogP contribution is 2.41. The monoisotopic (exact) mass is 310 g/mol. The number of rotatable bonds is 2. The van der Waals surface area contributed by atoms with E-state index in [0.29, 0.717) is 19.5 Å². The molecule has 2 fully saturated rings. The van der Waals surface area contributed by atoms with Crippen molar-refractivity contribution in [3.05, 3.63) is 24.2 Å². The number of alkyl halides is 1. The number of aliphatic hydroxyl groups is 1. The fourth-order valence-electron chi connectivity index (χ4n) is 3.46. The molecule has 7 heteroatoms. The van der Waals surface area contributed by atoms with Gasteiger partial charge in [0.25, 0.3) is 5.91 Å². The van der Waals surface area contributed by atoms with Gasteiger partial charge in [0.2, 0.25) is 5.91 Å². The molecule has 0 bridgehead atoms. The van der Waals surface area contributed by atoms with E-state index in [1.54, 1.807) is 17.0 Å². The van der Waals surface area contributed by atoms with Crippen LogP contribution in [0.15, 0.2) is 22.8 Å².